The summed E-state index contributed by atoms with van der Waals surface area (Å²) in [4.78, 5) is 32.1. The molecule has 1 amide bonds. The van der Waals surface area contributed by atoms with Gasteiger partial charge in [-0.15, -0.1) is 0 Å². The highest BCUT2D eigenvalue weighted by Gasteiger charge is 2.36. The fourth-order valence-electron chi connectivity index (χ4n) is 4.33. The first kappa shape index (κ1) is 20.1. The lowest BCUT2D eigenvalue weighted by molar-refractivity contribution is -0.148. The Balaban J connectivity index is 1.70. The fourth-order valence-corrected chi connectivity index (χ4v) is 4.33. The van der Waals surface area contributed by atoms with Crippen molar-refractivity contribution in [3.05, 3.63) is 59.4 Å². The number of aryl methyl sites for hydroxylation is 2. The number of carbonyl (C=O) groups is 2. The van der Waals surface area contributed by atoms with Crippen molar-refractivity contribution in [1.82, 2.24) is 9.55 Å². The third-order valence-electron chi connectivity index (χ3n) is 5.54. The topological polar surface area (TPSA) is 64.4 Å². The summed E-state index contributed by atoms with van der Waals surface area (Å²) in [7, 11) is 0. The predicted octanol–water partition coefficient (Wildman–Crippen LogP) is 4.13. The third kappa shape index (κ3) is 3.70. The van der Waals surface area contributed by atoms with Gasteiger partial charge in [-0.25, -0.2) is 4.98 Å². The maximum atomic E-state index is 13.0. The lowest BCUT2D eigenvalue weighted by Gasteiger charge is -2.21. The van der Waals surface area contributed by atoms with Crippen LogP contribution >= 0.6 is 0 Å². The Morgan fingerprint density at radius 1 is 1.13 bits per heavy atom. The van der Waals surface area contributed by atoms with Crippen LogP contribution in [0.5, 0.6) is 0 Å². The summed E-state index contributed by atoms with van der Waals surface area (Å²) in [5.41, 5.74) is 4.84. The fraction of sp³-hybridized carbons (Fsp3) is 0.375. The van der Waals surface area contributed by atoms with Crippen LogP contribution in [-0.2, 0) is 20.9 Å². The van der Waals surface area contributed by atoms with Crippen LogP contribution in [0.1, 0.15) is 43.1 Å². The van der Waals surface area contributed by atoms with Gasteiger partial charge in [-0.3, -0.25) is 9.59 Å². The van der Waals surface area contributed by atoms with Gasteiger partial charge in [-0.05, 0) is 51.0 Å². The molecule has 0 saturated carbocycles. The number of anilines is 1. The molecular formula is C24H27N3O3. The van der Waals surface area contributed by atoms with Gasteiger partial charge in [0.2, 0.25) is 5.91 Å². The Bertz CT molecular complexity index is 1100. The minimum Gasteiger partial charge on any atom is -0.462 e. The van der Waals surface area contributed by atoms with E-state index in [-0.39, 0.29) is 30.4 Å². The Kier molecular flexibility index (Phi) is 5.33. The molecule has 4 rings (SSSR count). The average molecular weight is 405 g/mol. The van der Waals surface area contributed by atoms with Gasteiger partial charge in [-0.1, -0.05) is 30.3 Å². The minimum atomic E-state index is -0.301. The van der Waals surface area contributed by atoms with E-state index in [4.69, 9.17) is 9.72 Å². The molecule has 156 valence electrons. The van der Waals surface area contributed by atoms with Crippen molar-refractivity contribution in [2.24, 2.45) is 0 Å². The summed E-state index contributed by atoms with van der Waals surface area (Å²) in [5, 5.41) is 0. The molecule has 3 aromatic rings. The van der Waals surface area contributed by atoms with Gasteiger partial charge in [0.25, 0.3) is 0 Å². The SMILES string of the molecule is Cc1cccc(C)c1N1C[C@@H](c2nc3ccccc3n2CC(=O)OC(C)C)CC1=O. The maximum Gasteiger partial charge on any atom is 0.326 e. The van der Waals surface area contributed by atoms with Crippen LogP contribution in [0.15, 0.2) is 42.5 Å². The maximum absolute atomic E-state index is 13.0. The smallest absolute Gasteiger partial charge is 0.326 e. The van der Waals surface area contributed by atoms with Crippen molar-refractivity contribution < 1.29 is 14.3 Å². The van der Waals surface area contributed by atoms with E-state index in [0.29, 0.717) is 13.0 Å². The number of esters is 1. The van der Waals surface area contributed by atoms with Gasteiger partial charge >= 0.3 is 5.97 Å². The highest BCUT2D eigenvalue weighted by atomic mass is 16.5. The lowest BCUT2D eigenvalue weighted by atomic mass is 10.1. The number of hydrogen-bond acceptors (Lipinski definition) is 4. The molecule has 1 saturated heterocycles. The van der Waals surface area contributed by atoms with Crippen molar-refractivity contribution in [3.63, 3.8) is 0 Å². The molecule has 0 aliphatic carbocycles. The number of nitrogens with zero attached hydrogens (tertiary/aromatic N) is 3. The van der Waals surface area contributed by atoms with E-state index in [0.717, 1.165) is 33.7 Å². The van der Waals surface area contributed by atoms with Crippen molar-refractivity contribution in [3.8, 4) is 0 Å². The molecule has 1 aliphatic rings. The monoisotopic (exact) mass is 405 g/mol. The molecule has 1 atom stereocenters. The van der Waals surface area contributed by atoms with Crippen LogP contribution in [0.25, 0.3) is 11.0 Å². The van der Waals surface area contributed by atoms with Crippen LogP contribution in [0.2, 0.25) is 0 Å². The summed E-state index contributed by atoms with van der Waals surface area (Å²) < 4.78 is 7.28. The normalized spacial score (nSPS) is 16.6. The zero-order valence-corrected chi connectivity index (χ0v) is 17.9. The summed E-state index contributed by atoms with van der Waals surface area (Å²) in [6.45, 7) is 8.36. The molecular weight excluding hydrogens is 378 g/mol. The Morgan fingerprint density at radius 2 is 1.83 bits per heavy atom. The molecule has 2 heterocycles. The number of para-hydroxylation sites is 3. The van der Waals surface area contributed by atoms with Crippen LogP contribution in [-0.4, -0.2) is 34.1 Å². The van der Waals surface area contributed by atoms with E-state index in [1.54, 1.807) is 0 Å². The Hall–Kier alpha value is -3.15. The zero-order chi connectivity index (χ0) is 21.4. The van der Waals surface area contributed by atoms with Gasteiger partial charge in [0.1, 0.15) is 12.4 Å². The van der Waals surface area contributed by atoms with Gasteiger partial charge in [0.05, 0.1) is 17.1 Å². The first-order valence-electron chi connectivity index (χ1n) is 10.4. The number of benzene rings is 2. The van der Waals surface area contributed by atoms with E-state index < -0.39 is 0 Å². The predicted molar refractivity (Wildman–Crippen MR) is 117 cm³/mol. The molecule has 30 heavy (non-hydrogen) atoms. The molecule has 0 radical (unpaired) electrons. The molecule has 0 spiro atoms. The number of carbonyl (C=O) groups excluding carboxylic acids is 2. The van der Waals surface area contributed by atoms with Crippen LogP contribution in [0.4, 0.5) is 5.69 Å². The standard InChI is InChI=1S/C24H27N3O3/c1-15(2)30-22(29)14-26-20-11-6-5-10-19(20)25-24(26)18-12-21(28)27(13-18)23-16(3)8-7-9-17(23)4/h5-11,15,18H,12-14H2,1-4H3/t18-/m0/s1. The number of aromatic nitrogens is 2. The highest BCUT2D eigenvalue weighted by molar-refractivity contribution is 5.98. The molecule has 1 fully saturated rings. The zero-order valence-electron chi connectivity index (χ0n) is 17.9. The lowest BCUT2D eigenvalue weighted by Crippen LogP contribution is -2.26. The summed E-state index contributed by atoms with van der Waals surface area (Å²) in [5.74, 6) is 0.459. The van der Waals surface area contributed by atoms with Crippen LogP contribution < -0.4 is 4.90 Å². The van der Waals surface area contributed by atoms with Crippen molar-refractivity contribution in [1.29, 1.82) is 0 Å². The van der Waals surface area contributed by atoms with E-state index in [1.165, 1.54) is 0 Å². The summed E-state index contributed by atoms with van der Waals surface area (Å²) in [6, 6.07) is 13.8. The van der Waals surface area contributed by atoms with E-state index in [2.05, 4.69) is 0 Å². The summed E-state index contributed by atoms with van der Waals surface area (Å²) in [6.07, 6.45) is 0.194. The quantitative estimate of drug-likeness (QED) is 0.599. The van der Waals surface area contributed by atoms with Gasteiger partial charge in [-0.2, -0.15) is 0 Å². The van der Waals surface area contributed by atoms with Crippen LogP contribution in [0.3, 0.4) is 0 Å². The second kappa shape index (κ2) is 7.94. The van der Waals surface area contributed by atoms with Gasteiger partial charge in [0, 0.05) is 24.6 Å². The second-order valence-corrected chi connectivity index (χ2v) is 8.23. The first-order valence-corrected chi connectivity index (χ1v) is 10.4. The molecule has 0 N–H and O–H groups in total. The third-order valence-corrected chi connectivity index (χ3v) is 5.54. The number of imidazole rings is 1. The van der Waals surface area contributed by atoms with E-state index in [9.17, 15) is 9.59 Å². The van der Waals surface area contributed by atoms with E-state index in [1.807, 2.05) is 79.6 Å². The molecule has 6 heteroatoms. The first-order chi connectivity index (χ1) is 14.3. The van der Waals surface area contributed by atoms with Gasteiger partial charge < -0.3 is 14.2 Å². The number of hydrogen-bond donors (Lipinski definition) is 0. The minimum absolute atomic E-state index is 0.0840. The van der Waals surface area contributed by atoms with Crippen molar-refractivity contribution in [2.45, 2.75) is 52.7 Å². The largest absolute Gasteiger partial charge is 0.462 e. The second-order valence-electron chi connectivity index (χ2n) is 8.23. The molecule has 0 bridgehead atoms. The molecule has 0 unspecified atom stereocenters. The summed E-state index contributed by atoms with van der Waals surface area (Å²) >= 11 is 0. The number of ether oxygens (including phenoxy) is 1. The molecule has 6 nitrogen and oxygen atoms in total. The molecule has 2 aromatic carbocycles. The molecule has 1 aromatic heterocycles. The van der Waals surface area contributed by atoms with Crippen molar-refractivity contribution in [2.75, 3.05) is 11.4 Å². The highest BCUT2D eigenvalue weighted by Crippen LogP contribution is 2.36. The average Bonchev–Trinajstić information content (AvgIpc) is 3.22. The number of rotatable bonds is 5. The Morgan fingerprint density at radius 3 is 2.53 bits per heavy atom. The van der Waals surface area contributed by atoms with E-state index >= 15 is 0 Å². The number of fused-ring (bicyclic) bond motifs is 1. The Labute approximate surface area is 176 Å². The van der Waals surface area contributed by atoms with Crippen LogP contribution in [0, 0.1) is 13.8 Å². The van der Waals surface area contributed by atoms with Crippen molar-refractivity contribution >= 4 is 28.6 Å². The number of amides is 1. The van der Waals surface area contributed by atoms with Gasteiger partial charge in [0.15, 0.2) is 0 Å². The molecule has 1 aliphatic heterocycles.